The van der Waals surface area contributed by atoms with Crippen LogP contribution in [0, 0.1) is 0 Å². The Bertz CT molecular complexity index is 1340. The second-order valence-corrected chi connectivity index (χ2v) is 8.04. The molecule has 1 aromatic carbocycles. The molecule has 0 amide bonds. The van der Waals surface area contributed by atoms with Gasteiger partial charge in [0.05, 0.1) is 17.8 Å². The minimum Gasteiger partial charge on any atom is -0.352 e. The number of anilines is 1. The molecule has 3 aromatic heterocycles. The van der Waals surface area contributed by atoms with Crippen molar-refractivity contribution in [3.05, 3.63) is 52.2 Å². The summed E-state index contributed by atoms with van der Waals surface area (Å²) in [5.74, 6) is 0.610. The van der Waals surface area contributed by atoms with E-state index in [2.05, 4.69) is 15.0 Å². The van der Waals surface area contributed by atoms with E-state index in [9.17, 15) is 9.18 Å². The van der Waals surface area contributed by atoms with Crippen molar-refractivity contribution < 1.29 is 4.39 Å². The first-order valence-corrected chi connectivity index (χ1v) is 10.1. The van der Waals surface area contributed by atoms with Crippen molar-refractivity contribution in [1.82, 2.24) is 19.5 Å². The molecule has 0 radical (unpaired) electrons. The average molecular weight is 463 g/mol. The number of aryl methyl sites for hydroxylation is 1. The van der Waals surface area contributed by atoms with Gasteiger partial charge in [-0.15, -0.1) is 12.4 Å². The van der Waals surface area contributed by atoms with E-state index < -0.39 is 12.2 Å². The van der Waals surface area contributed by atoms with Crippen LogP contribution in [0.15, 0.2) is 41.6 Å². The van der Waals surface area contributed by atoms with E-state index in [4.69, 9.17) is 17.3 Å². The first-order chi connectivity index (χ1) is 14.4. The van der Waals surface area contributed by atoms with Gasteiger partial charge in [0.25, 0.3) is 5.56 Å². The Morgan fingerprint density at radius 1 is 1.26 bits per heavy atom. The largest absolute Gasteiger partial charge is 0.352 e. The fourth-order valence-electron chi connectivity index (χ4n) is 3.97. The van der Waals surface area contributed by atoms with E-state index in [1.165, 1.54) is 4.57 Å². The number of alkyl halides is 1. The van der Waals surface area contributed by atoms with E-state index >= 15 is 0 Å². The van der Waals surface area contributed by atoms with Crippen molar-refractivity contribution >= 4 is 51.8 Å². The van der Waals surface area contributed by atoms with Gasteiger partial charge in [-0.25, -0.2) is 14.4 Å². The zero-order valence-electron chi connectivity index (χ0n) is 16.7. The van der Waals surface area contributed by atoms with Crippen LogP contribution in [0.5, 0.6) is 0 Å². The summed E-state index contributed by atoms with van der Waals surface area (Å²) in [7, 11) is 1.71. The van der Waals surface area contributed by atoms with Gasteiger partial charge in [0.1, 0.15) is 17.5 Å². The maximum Gasteiger partial charge on any atom is 0.258 e. The van der Waals surface area contributed by atoms with Gasteiger partial charge in [-0.3, -0.25) is 4.79 Å². The molecule has 0 aliphatic carbocycles. The van der Waals surface area contributed by atoms with Crippen LogP contribution in [0.1, 0.15) is 6.42 Å². The Balaban J connectivity index is 0.00000231. The number of nitrogens with zero attached hydrogens (tertiary/aromatic N) is 4. The second-order valence-electron chi connectivity index (χ2n) is 7.66. The summed E-state index contributed by atoms with van der Waals surface area (Å²) in [5, 5.41) is 1.74. The number of fused-ring (bicyclic) bond motifs is 2. The monoisotopic (exact) mass is 462 g/mol. The smallest absolute Gasteiger partial charge is 0.258 e. The molecule has 0 saturated carbocycles. The lowest BCUT2D eigenvalue weighted by Gasteiger charge is -2.33. The summed E-state index contributed by atoms with van der Waals surface area (Å²) in [4.78, 5) is 26.6. The van der Waals surface area contributed by atoms with E-state index in [1.54, 1.807) is 31.7 Å². The van der Waals surface area contributed by atoms with Crippen LogP contribution in [0.25, 0.3) is 33.1 Å². The Kier molecular flexibility index (Phi) is 5.63. The van der Waals surface area contributed by atoms with Crippen molar-refractivity contribution in [3.63, 3.8) is 0 Å². The molecular formula is C21H21Cl2FN6O. The molecule has 0 bridgehead atoms. The molecule has 1 aliphatic heterocycles. The standard InChI is InChI=1S/C21H20ClFN6O.ClH/c1-28-6-4-12-13(21(28)30)3-2-11(18(12)22)14-8-26-20-19(14)25-9-17(27-20)29-7-5-16(24)15(23)10-29;/h2-4,6,8-9,15-16H,5,7,10,24H2,1H3,(H,26,27);1H/t15-,16+;/m1./s1. The van der Waals surface area contributed by atoms with E-state index in [0.717, 1.165) is 11.1 Å². The van der Waals surface area contributed by atoms with Crippen LogP contribution in [0.4, 0.5) is 10.2 Å². The molecule has 1 saturated heterocycles. The zero-order valence-corrected chi connectivity index (χ0v) is 18.3. The Morgan fingerprint density at radius 2 is 2.06 bits per heavy atom. The van der Waals surface area contributed by atoms with Crippen molar-refractivity contribution in [2.75, 3.05) is 18.0 Å². The predicted molar refractivity (Wildman–Crippen MR) is 124 cm³/mol. The minimum atomic E-state index is -1.08. The highest BCUT2D eigenvalue weighted by molar-refractivity contribution is 6.38. The normalized spacial score (nSPS) is 19.0. The number of pyridine rings is 1. The van der Waals surface area contributed by atoms with Crippen LogP contribution in [-0.4, -0.2) is 44.8 Å². The molecule has 1 aliphatic rings. The third-order valence-corrected chi connectivity index (χ3v) is 6.18. The number of halogens is 3. The first kappa shape index (κ1) is 21.5. The summed E-state index contributed by atoms with van der Waals surface area (Å²) in [5.41, 5.74) is 8.48. The van der Waals surface area contributed by atoms with Gasteiger partial charge in [0, 0.05) is 53.9 Å². The molecule has 2 atom stereocenters. The molecule has 3 N–H and O–H groups in total. The number of hydrogen-bond acceptors (Lipinski definition) is 5. The van der Waals surface area contributed by atoms with Gasteiger partial charge in [0.2, 0.25) is 0 Å². The number of H-pyrrole nitrogens is 1. The van der Waals surface area contributed by atoms with Gasteiger partial charge in [0.15, 0.2) is 5.65 Å². The Hall–Kier alpha value is -2.68. The quantitative estimate of drug-likeness (QED) is 0.475. The first-order valence-electron chi connectivity index (χ1n) is 9.71. The fraction of sp³-hybridized carbons (Fsp3) is 0.286. The second kappa shape index (κ2) is 8.11. The van der Waals surface area contributed by atoms with E-state index in [-0.39, 0.29) is 24.5 Å². The number of rotatable bonds is 2. The van der Waals surface area contributed by atoms with Crippen LogP contribution >= 0.6 is 24.0 Å². The number of nitrogens with two attached hydrogens (primary N) is 1. The summed E-state index contributed by atoms with van der Waals surface area (Å²) in [6, 6.07) is 5.00. The van der Waals surface area contributed by atoms with Gasteiger partial charge in [-0.05, 0) is 18.6 Å². The zero-order chi connectivity index (χ0) is 21.0. The van der Waals surface area contributed by atoms with E-state index in [0.29, 0.717) is 45.7 Å². The molecular weight excluding hydrogens is 442 g/mol. The SMILES string of the molecule is Cl.Cn1ccc2c(Cl)c(-c3c[nH]c4nc(N5CC[C@H](N)[C@H](F)C5)cnc34)ccc2c1=O. The number of aromatic nitrogens is 4. The highest BCUT2D eigenvalue weighted by Crippen LogP contribution is 2.36. The molecule has 0 spiro atoms. The molecule has 31 heavy (non-hydrogen) atoms. The summed E-state index contributed by atoms with van der Waals surface area (Å²) >= 11 is 6.67. The van der Waals surface area contributed by atoms with Crippen LogP contribution in [0.2, 0.25) is 5.02 Å². The number of piperidine rings is 1. The lowest BCUT2D eigenvalue weighted by atomic mass is 10.0. The van der Waals surface area contributed by atoms with Crippen molar-refractivity contribution in [3.8, 4) is 11.1 Å². The maximum absolute atomic E-state index is 14.0. The number of nitrogens with one attached hydrogen (secondary N) is 1. The van der Waals surface area contributed by atoms with Crippen molar-refractivity contribution in [2.24, 2.45) is 12.8 Å². The topological polar surface area (TPSA) is 92.8 Å². The molecule has 10 heteroatoms. The molecule has 1 fully saturated rings. The third-order valence-electron chi connectivity index (χ3n) is 5.77. The van der Waals surface area contributed by atoms with E-state index in [1.807, 2.05) is 17.0 Å². The van der Waals surface area contributed by atoms with Gasteiger partial charge >= 0.3 is 0 Å². The highest BCUT2D eigenvalue weighted by Gasteiger charge is 2.27. The molecule has 4 aromatic rings. The molecule has 7 nitrogen and oxygen atoms in total. The highest BCUT2D eigenvalue weighted by atomic mass is 35.5. The lowest BCUT2D eigenvalue weighted by Crippen LogP contribution is -2.48. The van der Waals surface area contributed by atoms with Crippen molar-refractivity contribution in [2.45, 2.75) is 18.6 Å². The fourth-order valence-corrected chi connectivity index (χ4v) is 4.30. The number of benzene rings is 1. The Labute approximate surface area is 188 Å². The predicted octanol–water partition coefficient (Wildman–Crippen LogP) is 3.43. The summed E-state index contributed by atoms with van der Waals surface area (Å²) < 4.78 is 15.5. The molecule has 0 unspecified atom stereocenters. The third kappa shape index (κ3) is 3.54. The molecule has 5 rings (SSSR count). The van der Waals surface area contributed by atoms with Crippen molar-refractivity contribution in [1.29, 1.82) is 0 Å². The average Bonchev–Trinajstić information content (AvgIpc) is 3.16. The van der Waals surface area contributed by atoms with Gasteiger partial charge in [-0.1, -0.05) is 17.7 Å². The number of aromatic amines is 1. The van der Waals surface area contributed by atoms with Crippen LogP contribution in [-0.2, 0) is 7.05 Å². The van der Waals surface area contributed by atoms with Crippen LogP contribution < -0.4 is 16.2 Å². The van der Waals surface area contributed by atoms with Gasteiger partial charge < -0.3 is 20.2 Å². The number of hydrogen-bond donors (Lipinski definition) is 2. The van der Waals surface area contributed by atoms with Gasteiger partial charge in [-0.2, -0.15) is 0 Å². The summed E-state index contributed by atoms with van der Waals surface area (Å²) in [6.45, 7) is 0.848. The Morgan fingerprint density at radius 3 is 2.84 bits per heavy atom. The maximum atomic E-state index is 14.0. The molecule has 4 heterocycles. The summed E-state index contributed by atoms with van der Waals surface area (Å²) in [6.07, 6.45) is 4.63. The molecule has 162 valence electrons. The van der Waals surface area contributed by atoms with Crippen LogP contribution in [0.3, 0.4) is 0 Å². The lowest BCUT2D eigenvalue weighted by molar-refractivity contribution is 0.251. The minimum absolute atomic E-state index is 0.